The van der Waals surface area contributed by atoms with Crippen molar-refractivity contribution >= 4 is 23.5 Å². The van der Waals surface area contributed by atoms with Gasteiger partial charge in [0.15, 0.2) is 0 Å². The Balaban J connectivity index is 2.50. The molecule has 0 unspecified atom stereocenters. The maximum absolute atomic E-state index is 11.9. The number of nitrogens with one attached hydrogen (secondary N) is 3. The van der Waals surface area contributed by atoms with Crippen LogP contribution in [-0.4, -0.2) is 30.9 Å². The lowest BCUT2D eigenvalue weighted by Crippen LogP contribution is -2.30. The van der Waals surface area contributed by atoms with E-state index in [9.17, 15) is 14.4 Å². The maximum Gasteiger partial charge on any atom is 0.319 e. The van der Waals surface area contributed by atoms with Crippen LogP contribution in [0.4, 0.5) is 10.5 Å². The van der Waals surface area contributed by atoms with Crippen LogP contribution in [0.25, 0.3) is 0 Å². The summed E-state index contributed by atoms with van der Waals surface area (Å²) >= 11 is 0. The second-order valence-corrected chi connectivity index (χ2v) is 5.62. The van der Waals surface area contributed by atoms with E-state index in [1.807, 2.05) is 0 Å². The molecule has 0 radical (unpaired) electrons. The first-order chi connectivity index (χ1) is 10.9. The number of amides is 4. The predicted molar refractivity (Wildman–Crippen MR) is 89.1 cm³/mol. The molecule has 126 valence electrons. The van der Waals surface area contributed by atoms with Gasteiger partial charge < -0.3 is 21.7 Å². The van der Waals surface area contributed by atoms with E-state index in [1.54, 1.807) is 24.3 Å². The summed E-state index contributed by atoms with van der Waals surface area (Å²) in [6, 6.07) is 6.26. The van der Waals surface area contributed by atoms with Gasteiger partial charge in [-0.25, -0.2) is 4.79 Å². The number of hydrogen-bond acceptors (Lipinski definition) is 3. The van der Waals surface area contributed by atoms with Crippen molar-refractivity contribution in [3.8, 4) is 0 Å². The molecule has 0 aliphatic carbocycles. The Morgan fingerprint density at radius 3 is 2.52 bits per heavy atom. The SMILES string of the molecule is CC(C)CCNC(=O)Nc1cccc(C(=O)NCCC(N)=O)c1. The number of urea groups is 1. The van der Waals surface area contributed by atoms with Gasteiger partial charge in [-0.15, -0.1) is 0 Å². The number of anilines is 1. The second kappa shape index (κ2) is 9.45. The van der Waals surface area contributed by atoms with Gasteiger partial charge in [0.1, 0.15) is 0 Å². The minimum absolute atomic E-state index is 0.0853. The molecule has 0 atom stereocenters. The number of carbonyl (C=O) groups excluding carboxylic acids is 3. The Morgan fingerprint density at radius 1 is 1.13 bits per heavy atom. The van der Waals surface area contributed by atoms with Gasteiger partial charge in [-0.05, 0) is 30.5 Å². The molecule has 0 spiro atoms. The van der Waals surface area contributed by atoms with Crippen LogP contribution >= 0.6 is 0 Å². The molecule has 0 aliphatic heterocycles. The number of rotatable bonds is 8. The highest BCUT2D eigenvalue weighted by Gasteiger charge is 2.08. The minimum atomic E-state index is -0.473. The van der Waals surface area contributed by atoms with Crippen LogP contribution in [0.15, 0.2) is 24.3 Å². The van der Waals surface area contributed by atoms with Gasteiger partial charge in [0.25, 0.3) is 5.91 Å². The van der Waals surface area contributed by atoms with Gasteiger partial charge in [0, 0.05) is 30.8 Å². The quantitative estimate of drug-likeness (QED) is 0.581. The first-order valence-electron chi connectivity index (χ1n) is 7.60. The van der Waals surface area contributed by atoms with E-state index in [2.05, 4.69) is 29.8 Å². The molecule has 7 heteroatoms. The number of primary amides is 1. The standard InChI is InChI=1S/C16H24N4O3/c1-11(2)6-8-19-16(23)20-13-5-3-4-12(10-13)15(22)18-9-7-14(17)21/h3-5,10-11H,6-9H2,1-2H3,(H2,17,21)(H,18,22)(H2,19,20,23). The normalized spacial score (nSPS) is 10.2. The van der Waals surface area contributed by atoms with Crippen molar-refractivity contribution in [3.05, 3.63) is 29.8 Å². The molecule has 0 saturated heterocycles. The van der Waals surface area contributed by atoms with Gasteiger partial charge in [0.05, 0.1) is 0 Å². The van der Waals surface area contributed by atoms with Crippen molar-refractivity contribution in [2.45, 2.75) is 26.7 Å². The second-order valence-electron chi connectivity index (χ2n) is 5.62. The lowest BCUT2D eigenvalue weighted by atomic mass is 10.1. The zero-order valence-corrected chi connectivity index (χ0v) is 13.5. The Labute approximate surface area is 136 Å². The van der Waals surface area contributed by atoms with Gasteiger partial charge in [-0.2, -0.15) is 0 Å². The maximum atomic E-state index is 11.9. The molecule has 1 aromatic carbocycles. The average molecular weight is 320 g/mol. The first kappa shape index (κ1) is 18.5. The average Bonchev–Trinajstić information content (AvgIpc) is 2.46. The third-order valence-corrected chi connectivity index (χ3v) is 3.05. The van der Waals surface area contributed by atoms with E-state index in [4.69, 9.17) is 5.73 Å². The molecule has 1 rings (SSSR count). The Bertz CT molecular complexity index is 558. The first-order valence-corrected chi connectivity index (χ1v) is 7.60. The fourth-order valence-electron chi connectivity index (χ4n) is 1.79. The van der Waals surface area contributed by atoms with E-state index in [-0.39, 0.29) is 24.9 Å². The molecular weight excluding hydrogens is 296 g/mol. The molecule has 0 bridgehead atoms. The van der Waals surface area contributed by atoms with Crippen LogP contribution in [0.3, 0.4) is 0 Å². The predicted octanol–water partition coefficient (Wildman–Crippen LogP) is 1.46. The van der Waals surface area contributed by atoms with Crippen molar-refractivity contribution in [3.63, 3.8) is 0 Å². The monoisotopic (exact) mass is 320 g/mol. The molecule has 7 nitrogen and oxygen atoms in total. The highest BCUT2D eigenvalue weighted by Crippen LogP contribution is 2.10. The third kappa shape index (κ3) is 7.85. The van der Waals surface area contributed by atoms with Crippen molar-refractivity contribution in [1.29, 1.82) is 0 Å². The Morgan fingerprint density at radius 2 is 1.87 bits per heavy atom. The summed E-state index contributed by atoms with van der Waals surface area (Å²) in [5.74, 6) is -0.281. The van der Waals surface area contributed by atoms with E-state index >= 15 is 0 Å². The van der Waals surface area contributed by atoms with Crippen LogP contribution in [0, 0.1) is 5.92 Å². The summed E-state index contributed by atoms with van der Waals surface area (Å²) < 4.78 is 0. The Kier molecular flexibility index (Phi) is 7.59. The molecule has 5 N–H and O–H groups in total. The highest BCUT2D eigenvalue weighted by atomic mass is 16.2. The van der Waals surface area contributed by atoms with E-state index in [1.165, 1.54) is 0 Å². The van der Waals surface area contributed by atoms with Crippen LogP contribution in [0.5, 0.6) is 0 Å². The zero-order chi connectivity index (χ0) is 17.2. The van der Waals surface area contributed by atoms with Crippen LogP contribution < -0.4 is 21.7 Å². The molecule has 0 aliphatic rings. The third-order valence-electron chi connectivity index (χ3n) is 3.05. The summed E-state index contributed by atoms with van der Waals surface area (Å²) in [4.78, 5) is 34.3. The molecule has 0 heterocycles. The number of carbonyl (C=O) groups is 3. The molecule has 23 heavy (non-hydrogen) atoms. The number of hydrogen-bond donors (Lipinski definition) is 4. The summed E-state index contributed by atoms with van der Waals surface area (Å²) in [7, 11) is 0. The van der Waals surface area contributed by atoms with Gasteiger partial charge in [-0.1, -0.05) is 19.9 Å². The molecule has 0 aromatic heterocycles. The van der Waals surface area contributed by atoms with E-state index in [0.29, 0.717) is 23.7 Å². The minimum Gasteiger partial charge on any atom is -0.370 e. The fourth-order valence-corrected chi connectivity index (χ4v) is 1.79. The van der Waals surface area contributed by atoms with E-state index in [0.717, 1.165) is 6.42 Å². The zero-order valence-electron chi connectivity index (χ0n) is 13.5. The summed E-state index contributed by atoms with van der Waals surface area (Å²) in [5.41, 5.74) is 5.93. The van der Waals surface area contributed by atoms with Crippen molar-refractivity contribution in [1.82, 2.24) is 10.6 Å². The fraction of sp³-hybridized carbons (Fsp3) is 0.438. The van der Waals surface area contributed by atoms with Crippen LogP contribution in [-0.2, 0) is 4.79 Å². The lowest BCUT2D eigenvalue weighted by Gasteiger charge is -2.10. The van der Waals surface area contributed by atoms with E-state index < -0.39 is 5.91 Å². The molecular formula is C16H24N4O3. The molecule has 1 aromatic rings. The van der Waals surface area contributed by atoms with Crippen molar-refractivity contribution < 1.29 is 14.4 Å². The molecule has 4 amide bonds. The van der Waals surface area contributed by atoms with Gasteiger partial charge in [0.2, 0.25) is 5.91 Å². The van der Waals surface area contributed by atoms with Crippen molar-refractivity contribution in [2.24, 2.45) is 11.7 Å². The summed E-state index contributed by atoms with van der Waals surface area (Å²) in [6.07, 6.45) is 0.984. The smallest absolute Gasteiger partial charge is 0.319 e. The Hall–Kier alpha value is -2.57. The van der Waals surface area contributed by atoms with Crippen LogP contribution in [0.1, 0.15) is 37.0 Å². The van der Waals surface area contributed by atoms with Gasteiger partial charge in [-0.3, -0.25) is 9.59 Å². The number of benzene rings is 1. The lowest BCUT2D eigenvalue weighted by molar-refractivity contribution is -0.117. The highest BCUT2D eigenvalue weighted by molar-refractivity contribution is 5.97. The summed E-state index contributed by atoms with van der Waals surface area (Å²) in [6.45, 7) is 4.94. The van der Waals surface area contributed by atoms with Gasteiger partial charge >= 0.3 is 6.03 Å². The topological polar surface area (TPSA) is 113 Å². The largest absolute Gasteiger partial charge is 0.370 e. The van der Waals surface area contributed by atoms with Crippen molar-refractivity contribution in [2.75, 3.05) is 18.4 Å². The molecule has 0 saturated carbocycles. The summed E-state index contributed by atoms with van der Waals surface area (Å²) in [5, 5.41) is 8.03. The molecule has 0 fully saturated rings. The van der Waals surface area contributed by atoms with Crippen LogP contribution in [0.2, 0.25) is 0 Å². The number of nitrogens with two attached hydrogens (primary N) is 1.